The van der Waals surface area contributed by atoms with E-state index in [-0.39, 0.29) is 16.4 Å². The molecule has 0 saturated carbocycles. The van der Waals surface area contributed by atoms with E-state index in [0.29, 0.717) is 6.54 Å². The van der Waals surface area contributed by atoms with Crippen LogP contribution in [-0.4, -0.2) is 35.9 Å². The van der Waals surface area contributed by atoms with Crippen molar-refractivity contribution < 1.29 is 22.7 Å². The summed E-state index contributed by atoms with van der Waals surface area (Å²) in [4.78, 5) is 10.8. The number of rotatable bonds is 3. The summed E-state index contributed by atoms with van der Waals surface area (Å²) >= 11 is 0. The van der Waals surface area contributed by atoms with Crippen molar-refractivity contribution in [2.75, 3.05) is 6.54 Å². The first-order valence-corrected chi connectivity index (χ1v) is 7.47. The van der Waals surface area contributed by atoms with Gasteiger partial charge in [-0.25, -0.2) is 13.2 Å². The highest BCUT2D eigenvalue weighted by Gasteiger charge is 2.42. The fraction of sp³-hybridized carbons (Fsp3) is 0.583. The van der Waals surface area contributed by atoms with Crippen molar-refractivity contribution >= 4 is 16.0 Å². The van der Waals surface area contributed by atoms with Crippen molar-refractivity contribution in [3.8, 4) is 0 Å². The highest BCUT2D eigenvalue weighted by molar-refractivity contribution is 7.89. The van der Waals surface area contributed by atoms with Crippen LogP contribution in [0.15, 0.2) is 15.4 Å². The van der Waals surface area contributed by atoms with E-state index in [2.05, 4.69) is 0 Å². The lowest BCUT2D eigenvalue weighted by Gasteiger charge is -2.30. The molecule has 0 atom stereocenters. The maximum Gasteiger partial charge on any atom is 0.371 e. The lowest BCUT2D eigenvalue weighted by molar-refractivity contribution is 0.0661. The van der Waals surface area contributed by atoms with Gasteiger partial charge in [0.05, 0.1) is 0 Å². The van der Waals surface area contributed by atoms with Gasteiger partial charge in [-0.1, -0.05) is 0 Å². The summed E-state index contributed by atoms with van der Waals surface area (Å²) in [5.74, 6) is -1.52. The smallest absolute Gasteiger partial charge is 0.371 e. The molecule has 6 nitrogen and oxygen atoms in total. The standard InChI is InChI=1S/C12H17NO5S/c1-8-10(7-9(18-8)11(14)15)19(16,17)13-6-4-5-12(13,2)3/h7H,4-6H2,1-3H3,(H,14,15). The van der Waals surface area contributed by atoms with Crippen LogP contribution in [0.4, 0.5) is 0 Å². The lowest BCUT2D eigenvalue weighted by Crippen LogP contribution is -2.42. The Kier molecular flexibility index (Phi) is 3.22. The first kappa shape index (κ1) is 14.1. The molecule has 1 fully saturated rings. The van der Waals surface area contributed by atoms with Crippen LogP contribution >= 0.6 is 0 Å². The third-order valence-electron chi connectivity index (χ3n) is 3.48. The van der Waals surface area contributed by atoms with Gasteiger partial charge in [-0.3, -0.25) is 0 Å². The Labute approximate surface area is 112 Å². The highest BCUT2D eigenvalue weighted by atomic mass is 32.2. The summed E-state index contributed by atoms with van der Waals surface area (Å²) in [7, 11) is -3.71. The molecule has 7 heteroatoms. The van der Waals surface area contributed by atoms with Crippen molar-refractivity contribution in [2.45, 2.75) is 44.0 Å². The van der Waals surface area contributed by atoms with Crippen LogP contribution in [0.5, 0.6) is 0 Å². The third kappa shape index (κ3) is 2.28. The molecule has 19 heavy (non-hydrogen) atoms. The van der Waals surface area contributed by atoms with Crippen LogP contribution in [0, 0.1) is 6.92 Å². The zero-order valence-electron chi connectivity index (χ0n) is 11.1. The van der Waals surface area contributed by atoms with Crippen LogP contribution in [0.2, 0.25) is 0 Å². The zero-order chi connectivity index (χ0) is 14.4. The molecule has 0 bridgehead atoms. The van der Waals surface area contributed by atoms with Gasteiger partial charge in [0, 0.05) is 18.2 Å². The molecule has 0 amide bonds. The van der Waals surface area contributed by atoms with Crippen molar-refractivity contribution in [1.29, 1.82) is 0 Å². The number of carboxylic acid groups (broad SMARTS) is 1. The molecule has 1 aromatic rings. The molecular weight excluding hydrogens is 270 g/mol. The number of aryl methyl sites for hydroxylation is 1. The molecule has 2 heterocycles. The number of furan rings is 1. The Bertz CT molecular complexity index is 614. The van der Waals surface area contributed by atoms with E-state index in [1.807, 2.05) is 13.8 Å². The highest BCUT2D eigenvalue weighted by Crippen LogP contribution is 2.35. The maximum absolute atomic E-state index is 12.6. The summed E-state index contributed by atoms with van der Waals surface area (Å²) in [6.45, 7) is 5.64. The molecule has 2 rings (SSSR count). The van der Waals surface area contributed by atoms with Gasteiger partial charge in [-0.05, 0) is 33.6 Å². The van der Waals surface area contributed by atoms with Gasteiger partial charge >= 0.3 is 5.97 Å². The summed E-state index contributed by atoms with van der Waals surface area (Å²) in [6, 6.07) is 1.08. The van der Waals surface area contributed by atoms with Gasteiger partial charge < -0.3 is 9.52 Å². The number of hydrogen-bond acceptors (Lipinski definition) is 4. The second-order valence-corrected chi connectivity index (χ2v) is 7.16. The minimum absolute atomic E-state index is 0.0557. The predicted molar refractivity (Wildman–Crippen MR) is 67.6 cm³/mol. The molecule has 106 valence electrons. The van der Waals surface area contributed by atoms with Crippen LogP contribution in [0.25, 0.3) is 0 Å². The van der Waals surface area contributed by atoms with E-state index in [0.717, 1.165) is 18.9 Å². The van der Waals surface area contributed by atoms with Gasteiger partial charge in [-0.15, -0.1) is 0 Å². The third-order valence-corrected chi connectivity index (χ3v) is 5.69. The minimum Gasteiger partial charge on any atom is -0.475 e. The van der Waals surface area contributed by atoms with Gasteiger partial charge in [0.15, 0.2) is 0 Å². The van der Waals surface area contributed by atoms with Crippen LogP contribution in [0.3, 0.4) is 0 Å². The Balaban J connectivity index is 2.48. The van der Waals surface area contributed by atoms with Crippen LogP contribution in [0.1, 0.15) is 43.0 Å². The molecule has 1 aliphatic rings. The van der Waals surface area contributed by atoms with Gasteiger partial charge in [0.2, 0.25) is 15.8 Å². The first-order valence-electron chi connectivity index (χ1n) is 6.03. The molecule has 0 spiro atoms. The normalized spacial score (nSPS) is 19.7. The zero-order valence-corrected chi connectivity index (χ0v) is 12.0. The summed E-state index contributed by atoms with van der Waals surface area (Å²) in [6.07, 6.45) is 1.59. The van der Waals surface area contributed by atoms with Gasteiger partial charge in [0.25, 0.3) is 0 Å². The van der Waals surface area contributed by atoms with Crippen molar-refractivity contribution in [3.63, 3.8) is 0 Å². The summed E-state index contributed by atoms with van der Waals surface area (Å²) < 4.78 is 31.6. The molecular formula is C12H17NO5S. The van der Waals surface area contributed by atoms with Crippen LogP contribution < -0.4 is 0 Å². The number of carbonyl (C=O) groups is 1. The maximum atomic E-state index is 12.6. The number of nitrogens with zero attached hydrogens (tertiary/aromatic N) is 1. The largest absolute Gasteiger partial charge is 0.475 e. The first-order chi connectivity index (χ1) is 8.66. The van der Waals surface area contributed by atoms with Gasteiger partial charge in [-0.2, -0.15) is 4.31 Å². The van der Waals surface area contributed by atoms with Gasteiger partial charge in [0.1, 0.15) is 10.7 Å². The van der Waals surface area contributed by atoms with E-state index in [1.54, 1.807) is 0 Å². The van der Waals surface area contributed by atoms with Crippen molar-refractivity contribution in [2.24, 2.45) is 0 Å². The Hall–Kier alpha value is -1.34. The molecule has 0 aliphatic carbocycles. The van der Waals surface area contributed by atoms with E-state index in [1.165, 1.54) is 11.2 Å². The molecule has 1 saturated heterocycles. The Morgan fingerprint density at radius 1 is 1.47 bits per heavy atom. The number of hydrogen-bond donors (Lipinski definition) is 1. The van der Waals surface area contributed by atoms with Crippen LogP contribution in [-0.2, 0) is 10.0 Å². The summed E-state index contributed by atoms with van der Waals surface area (Å²) in [5.41, 5.74) is -0.452. The second-order valence-electron chi connectivity index (χ2n) is 5.33. The average molecular weight is 287 g/mol. The fourth-order valence-corrected chi connectivity index (χ4v) is 4.48. The van der Waals surface area contributed by atoms with E-state index in [9.17, 15) is 13.2 Å². The minimum atomic E-state index is -3.71. The number of carboxylic acids is 1. The molecule has 1 aliphatic heterocycles. The molecule has 0 unspecified atom stereocenters. The Morgan fingerprint density at radius 2 is 2.11 bits per heavy atom. The fourth-order valence-electron chi connectivity index (χ4n) is 2.47. The Morgan fingerprint density at radius 3 is 2.53 bits per heavy atom. The molecule has 0 radical (unpaired) electrons. The molecule has 1 aromatic heterocycles. The van der Waals surface area contributed by atoms with Crippen molar-refractivity contribution in [3.05, 3.63) is 17.6 Å². The van der Waals surface area contributed by atoms with Crippen molar-refractivity contribution in [1.82, 2.24) is 4.31 Å². The molecule has 1 N–H and O–H groups in total. The topological polar surface area (TPSA) is 87.8 Å². The second kappa shape index (κ2) is 4.35. The SMILES string of the molecule is Cc1oc(C(=O)O)cc1S(=O)(=O)N1CCCC1(C)C. The van der Waals surface area contributed by atoms with E-state index < -0.39 is 21.5 Å². The molecule has 0 aromatic carbocycles. The number of aromatic carboxylic acids is 1. The summed E-state index contributed by atoms with van der Waals surface area (Å²) in [5, 5.41) is 8.85. The lowest BCUT2D eigenvalue weighted by atomic mass is 10.0. The van der Waals surface area contributed by atoms with E-state index >= 15 is 0 Å². The quantitative estimate of drug-likeness (QED) is 0.916. The predicted octanol–water partition coefficient (Wildman–Crippen LogP) is 1.85. The average Bonchev–Trinajstić information content (AvgIpc) is 2.81. The monoisotopic (exact) mass is 287 g/mol. The number of sulfonamides is 1. The van der Waals surface area contributed by atoms with E-state index in [4.69, 9.17) is 9.52 Å².